The lowest BCUT2D eigenvalue weighted by atomic mass is 9.75. The van der Waals surface area contributed by atoms with Crippen molar-refractivity contribution < 1.29 is 0 Å². The number of hydrogen-bond acceptors (Lipinski definition) is 0. The summed E-state index contributed by atoms with van der Waals surface area (Å²) in [7, 11) is 0. The van der Waals surface area contributed by atoms with Crippen molar-refractivity contribution in [3.63, 3.8) is 0 Å². The van der Waals surface area contributed by atoms with Gasteiger partial charge in [0.15, 0.2) is 0 Å². The van der Waals surface area contributed by atoms with Crippen molar-refractivity contribution in [2.45, 2.75) is 12.3 Å². The Balaban J connectivity index is 1.61. The molecular weight excluding hydrogens is 528 g/mol. The molecule has 0 fully saturated rings. The smallest absolute Gasteiger partial charge is 0.0149 e. The minimum Gasteiger partial charge on any atom is -0.0622 e. The zero-order chi connectivity index (χ0) is 29.3. The summed E-state index contributed by atoms with van der Waals surface area (Å²) >= 11 is 0. The van der Waals surface area contributed by atoms with E-state index in [4.69, 9.17) is 0 Å². The van der Waals surface area contributed by atoms with E-state index >= 15 is 0 Å². The van der Waals surface area contributed by atoms with Crippen LogP contribution in [0.2, 0.25) is 0 Å². The molecule has 0 aliphatic heterocycles. The summed E-state index contributed by atoms with van der Waals surface area (Å²) in [5.74, 6) is 0.216. The van der Waals surface area contributed by atoms with Crippen LogP contribution in [0, 0.1) is 0 Å². The molecule has 1 unspecified atom stereocenters. The largest absolute Gasteiger partial charge is 0.0622 e. The van der Waals surface area contributed by atoms with Crippen molar-refractivity contribution in [3.8, 4) is 55.6 Å². The fourth-order valence-electron chi connectivity index (χ4n) is 7.23. The van der Waals surface area contributed by atoms with E-state index in [-0.39, 0.29) is 5.92 Å². The Hall–Kier alpha value is -5.46. The van der Waals surface area contributed by atoms with E-state index in [0.717, 1.165) is 6.42 Å². The van der Waals surface area contributed by atoms with Gasteiger partial charge >= 0.3 is 0 Å². The molecule has 0 saturated carbocycles. The third-order valence-corrected chi connectivity index (χ3v) is 9.03. The van der Waals surface area contributed by atoms with Crippen LogP contribution in [0.5, 0.6) is 0 Å². The summed E-state index contributed by atoms with van der Waals surface area (Å²) in [5.41, 5.74) is 17.1. The van der Waals surface area contributed by atoms with Crippen LogP contribution in [-0.2, 0) is 6.42 Å². The van der Waals surface area contributed by atoms with Crippen molar-refractivity contribution in [2.24, 2.45) is 0 Å². The van der Waals surface area contributed by atoms with Crippen LogP contribution in [-0.4, -0.2) is 0 Å². The number of benzene rings is 7. The Morgan fingerprint density at radius 1 is 0.318 bits per heavy atom. The molecule has 1 aliphatic carbocycles. The average Bonchev–Trinajstić information content (AvgIpc) is 3.42. The van der Waals surface area contributed by atoms with Gasteiger partial charge in [-0.05, 0) is 78.7 Å². The molecule has 0 saturated heterocycles. The fourth-order valence-corrected chi connectivity index (χ4v) is 7.23. The fraction of sp³-hybridized carbons (Fsp3) is 0.0455. The minimum absolute atomic E-state index is 0.216. The van der Waals surface area contributed by atoms with E-state index in [1.165, 1.54) is 72.3 Å². The lowest BCUT2D eigenvalue weighted by Gasteiger charge is -2.27. The summed E-state index contributed by atoms with van der Waals surface area (Å²) in [5, 5.41) is 0. The lowest BCUT2D eigenvalue weighted by Crippen LogP contribution is -2.06. The van der Waals surface area contributed by atoms with Crippen LogP contribution in [0.15, 0.2) is 176 Å². The summed E-state index contributed by atoms with van der Waals surface area (Å²) < 4.78 is 0. The van der Waals surface area contributed by atoms with Crippen LogP contribution in [0.1, 0.15) is 22.6 Å². The molecule has 0 aromatic heterocycles. The van der Waals surface area contributed by atoms with E-state index in [1.54, 1.807) is 0 Å². The minimum atomic E-state index is 0.216. The third kappa shape index (κ3) is 4.48. The van der Waals surface area contributed by atoms with Crippen LogP contribution in [0.3, 0.4) is 0 Å². The van der Waals surface area contributed by atoms with Gasteiger partial charge in [0.2, 0.25) is 0 Å². The summed E-state index contributed by atoms with van der Waals surface area (Å²) in [6.45, 7) is 0. The normalized spacial score (nSPS) is 13.3. The molecule has 8 rings (SSSR count). The molecule has 0 amide bonds. The molecule has 208 valence electrons. The van der Waals surface area contributed by atoms with Crippen molar-refractivity contribution in [3.05, 3.63) is 193 Å². The maximum absolute atomic E-state index is 2.36. The SMILES string of the molecule is c1ccc(CC2c3ccccc3-c3c(-c4ccccc4)c(-c4ccccc4)c(-c4ccccc4)c(-c4ccccc4)c32)cc1. The molecule has 0 bridgehead atoms. The molecule has 0 heterocycles. The first-order valence-electron chi connectivity index (χ1n) is 15.5. The molecule has 7 aromatic carbocycles. The second-order valence-corrected chi connectivity index (χ2v) is 11.6. The van der Waals surface area contributed by atoms with Gasteiger partial charge in [0, 0.05) is 5.92 Å². The van der Waals surface area contributed by atoms with Crippen molar-refractivity contribution in [2.75, 3.05) is 0 Å². The first-order chi connectivity index (χ1) is 21.9. The molecule has 1 atom stereocenters. The zero-order valence-corrected chi connectivity index (χ0v) is 24.5. The first kappa shape index (κ1) is 26.2. The van der Waals surface area contributed by atoms with Crippen LogP contribution < -0.4 is 0 Å². The maximum atomic E-state index is 2.36. The molecule has 0 spiro atoms. The summed E-state index contributed by atoms with van der Waals surface area (Å²) in [4.78, 5) is 0. The van der Waals surface area contributed by atoms with Gasteiger partial charge in [-0.3, -0.25) is 0 Å². The highest BCUT2D eigenvalue weighted by atomic mass is 14.4. The predicted molar refractivity (Wildman–Crippen MR) is 186 cm³/mol. The highest BCUT2D eigenvalue weighted by Gasteiger charge is 2.37. The Morgan fingerprint density at radius 3 is 1.18 bits per heavy atom. The molecule has 0 nitrogen and oxygen atoms in total. The van der Waals surface area contributed by atoms with E-state index in [0.29, 0.717) is 0 Å². The molecule has 7 aromatic rings. The van der Waals surface area contributed by atoms with E-state index in [1.807, 2.05) is 0 Å². The Labute approximate surface area is 259 Å². The topological polar surface area (TPSA) is 0 Å². The molecule has 0 N–H and O–H groups in total. The molecule has 44 heavy (non-hydrogen) atoms. The van der Waals surface area contributed by atoms with E-state index in [9.17, 15) is 0 Å². The predicted octanol–water partition coefficient (Wildman–Crippen LogP) is 11.7. The maximum Gasteiger partial charge on any atom is 0.0149 e. The molecule has 0 heteroatoms. The van der Waals surface area contributed by atoms with Gasteiger partial charge < -0.3 is 0 Å². The van der Waals surface area contributed by atoms with Crippen molar-refractivity contribution >= 4 is 0 Å². The second-order valence-electron chi connectivity index (χ2n) is 11.6. The molecule has 0 radical (unpaired) electrons. The lowest BCUT2D eigenvalue weighted by molar-refractivity contribution is 0.829. The van der Waals surface area contributed by atoms with Gasteiger partial charge in [-0.2, -0.15) is 0 Å². The Kier molecular flexibility index (Phi) is 6.74. The van der Waals surface area contributed by atoms with Crippen LogP contribution >= 0.6 is 0 Å². The van der Waals surface area contributed by atoms with Gasteiger partial charge in [0.25, 0.3) is 0 Å². The van der Waals surface area contributed by atoms with Gasteiger partial charge in [-0.15, -0.1) is 0 Å². The third-order valence-electron chi connectivity index (χ3n) is 9.03. The number of hydrogen-bond donors (Lipinski definition) is 0. The van der Waals surface area contributed by atoms with Gasteiger partial charge in [0.05, 0.1) is 0 Å². The molecule has 1 aliphatic rings. The van der Waals surface area contributed by atoms with Gasteiger partial charge in [-0.25, -0.2) is 0 Å². The monoisotopic (exact) mass is 560 g/mol. The quantitative estimate of drug-likeness (QED) is 0.190. The van der Waals surface area contributed by atoms with Crippen LogP contribution in [0.25, 0.3) is 55.6 Å². The Bertz CT molecular complexity index is 2040. The van der Waals surface area contributed by atoms with Crippen LogP contribution in [0.4, 0.5) is 0 Å². The average molecular weight is 561 g/mol. The standard InChI is InChI=1S/C44H32/c1-6-18-31(19-7-1)30-38-36-28-16-17-29-37(36)43-41(34-24-12-4-13-25-34)39(32-20-8-2-9-21-32)40(33-22-10-3-11-23-33)42(44(38)43)35-26-14-5-15-27-35/h1-29,38H,30H2. The highest BCUT2D eigenvalue weighted by molar-refractivity contribution is 6.11. The number of rotatable bonds is 6. The van der Waals surface area contributed by atoms with Crippen molar-refractivity contribution in [1.82, 2.24) is 0 Å². The number of fused-ring (bicyclic) bond motifs is 3. The molecular formula is C44H32. The zero-order valence-electron chi connectivity index (χ0n) is 24.5. The summed E-state index contributed by atoms with van der Waals surface area (Å²) in [6, 6.07) is 64.2. The van der Waals surface area contributed by atoms with Gasteiger partial charge in [-0.1, -0.05) is 176 Å². The van der Waals surface area contributed by atoms with E-state index in [2.05, 4.69) is 176 Å². The van der Waals surface area contributed by atoms with E-state index < -0.39 is 0 Å². The highest BCUT2D eigenvalue weighted by Crippen LogP contribution is 2.59. The summed E-state index contributed by atoms with van der Waals surface area (Å²) in [6.07, 6.45) is 0.942. The Morgan fingerprint density at radius 2 is 0.682 bits per heavy atom. The second kappa shape index (κ2) is 11.3. The first-order valence-corrected chi connectivity index (χ1v) is 15.5. The van der Waals surface area contributed by atoms with Gasteiger partial charge in [0.1, 0.15) is 0 Å². The van der Waals surface area contributed by atoms with Crippen molar-refractivity contribution in [1.29, 1.82) is 0 Å².